The van der Waals surface area contributed by atoms with E-state index in [2.05, 4.69) is 11.4 Å². The maximum atomic E-state index is 9.55. The van der Waals surface area contributed by atoms with Gasteiger partial charge >= 0.3 is 7.12 Å². The predicted molar refractivity (Wildman–Crippen MR) is 73.3 cm³/mol. The Morgan fingerprint density at radius 3 is 2.89 bits per heavy atom. The molecule has 2 N–H and O–H groups in total. The van der Waals surface area contributed by atoms with Crippen molar-refractivity contribution in [2.45, 2.75) is 6.61 Å². The molecule has 1 aliphatic rings. The van der Waals surface area contributed by atoms with Crippen LogP contribution in [-0.4, -0.2) is 12.1 Å². The van der Waals surface area contributed by atoms with Crippen molar-refractivity contribution in [3.8, 4) is 6.07 Å². The lowest BCUT2D eigenvalue weighted by Crippen LogP contribution is -2.27. The minimum absolute atomic E-state index is 0.421. The first-order valence-electron chi connectivity index (χ1n) is 5.96. The van der Waals surface area contributed by atoms with Gasteiger partial charge in [0.2, 0.25) is 0 Å². The summed E-state index contributed by atoms with van der Waals surface area (Å²) in [6, 6.07) is 15.1. The van der Waals surface area contributed by atoms with Gasteiger partial charge in [0.1, 0.15) is 0 Å². The third-order valence-corrected chi connectivity index (χ3v) is 3.09. The lowest BCUT2D eigenvalue weighted by Gasteiger charge is -2.08. The molecule has 3 rings (SSSR count). The smallest absolute Gasteiger partial charge is 0.423 e. The summed E-state index contributed by atoms with van der Waals surface area (Å²) in [6.07, 6.45) is 0. The number of fused-ring (bicyclic) bond motifs is 1. The Morgan fingerprint density at radius 1 is 1.21 bits per heavy atom. The van der Waals surface area contributed by atoms with E-state index in [1.807, 2.05) is 30.3 Å². The van der Waals surface area contributed by atoms with Crippen molar-refractivity contribution >= 4 is 24.0 Å². The maximum absolute atomic E-state index is 9.55. The predicted octanol–water partition coefficient (Wildman–Crippen LogP) is 1.52. The van der Waals surface area contributed by atoms with Gasteiger partial charge in [-0.2, -0.15) is 5.26 Å². The van der Waals surface area contributed by atoms with Crippen LogP contribution in [0.1, 0.15) is 11.1 Å². The fourth-order valence-corrected chi connectivity index (χ4v) is 2.14. The highest BCUT2D eigenvalue weighted by molar-refractivity contribution is 6.61. The molecule has 0 radical (unpaired) electrons. The van der Waals surface area contributed by atoms with E-state index in [9.17, 15) is 5.02 Å². The molecular formula is C14H11BN2O2. The van der Waals surface area contributed by atoms with Crippen LogP contribution in [0.5, 0.6) is 0 Å². The van der Waals surface area contributed by atoms with Crippen LogP contribution in [0.4, 0.5) is 11.4 Å². The number of rotatable bonds is 2. The highest BCUT2D eigenvalue weighted by Gasteiger charge is 2.26. The minimum Gasteiger partial charge on any atom is -0.423 e. The van der Waals surface area contributed by atoms with Gasteiger partial charge in [0, 0.05) is 11.4 Å². The molecule has 0 amide bonds. The summed E-state index contributed by atoms with van der Waals surface area (Å²) in [7, 11) is -0.814. The van der Waals surface area contributed by atoms with Gasteiger partial charge in [-0.1, -0.05) is 12.1 Å². The quantitative estimate of drug-likeness (QED) is 0.793. The second-order valence-electron chi connectivity index (χ2n) is 4.39. The van der Waals surface area contributed by atoms with Crippen molar-refractivity contribution in [3.63, 3.8) is 0 Å². The molecule has 92 valence electrons. The van der Waals surface area contributed by atoms with E-state index in [4.69, 9.17) is 9.92 Å². The van der Waals surface area contributed by atoms with Crippen LogP contribution in [-0.2, 0) is 11.3 Å². The summed E-state index contributed by atoms with van der Waals surface area (Å²) >= 11 is 0. The Hall–Kier alpha value is -2.29. The Morgan fingerprint density at radius 2 is 2.05 bits per heavy atom. The normalized spacial score (nSPS) is 12.9. The van der Waals surface area contributed by atoms with Gasteiger partial charge in [0.15, 0.2) is 0 Å². The summed E-state index contributed by atoms with van der Waals surface area (Å²) in [4.78, 5) is 0. The fourth-order valence-electron chi connectivity index (χ4n) is 2.14. The largest absolute Gasteiger partial charge is 0.491 e. The molecule has 2 aromatic carbocycles. The van der Waals surface area contributed by atoms with Gasteiger partial charge in [0.05, 0.1) is 18.2 Å². The monoisotopic (exact) mass is 250 g/mol. The average Bonchev–Trinajstić information content (AvgIpc) is 2.80. The zero-order valence-corrected chi connectivity index (χ0v) is 10.1. The first kappa shape index (κ1) is 11.8. The molecule has 0 bridgehead atoms. The summed E-state index contributed by atoms with van der Waals surface area (Å²) in [5.74, 6) is 0. The van der Waals surface area contributed by atoms with Crippen LogP contribution in [0.3, 0.4) is 0 Å². The third kappa shape index (κ3) is 2.32. The van der Waals surface area contributed by atoms with Gasteiger partial charge in [0.25, 0.3) is 0 Å². The number of nitriles is 1. The molecule has 0 atom stereocenters. The van der Waals surface area contributed by atoms with Gasteiger partial charge in [-0.3, -0.25) is 0 Å². The molecule has 1 aliphatic heterocycles. The highest BCUT2D eigenvalue weighted by Crippen LogP contribution is 2.20. The zero-order valence-electron chi connectivity index (χ0n) is 10.1. The van der Waals surface area contributed by atoms with E-state index in [0.29, 0.717) is 12.2 Å². The number of benzene rings is 2. The standard InChI is InChI=1S/C14H11BN2O2/c16-8-10-2-1-3-12(6-10)17-13-4-5-14-11(7-13)9-19-15(14)18/h1-7,17-18H,9H2. The van der Waals surface area contributed by atoms with Crippen LogP contribution >= 0.6 is 0 Å². The third-order valence-electron chi connectivity index (χ3n) is 3.09. The van der Waals surface area contributed by atoms with Gasteiger partial charge in [-0.05, 0) is 41.4 Å². The van der Waals surface area contributed by atoms with Crippen molar-refractivity contribution < 1.29 is 9.68 Å². The Kier molecular flexibility index (Phi) is 2.96. The molecular weight excluding hydrogens is 239 g/mol. The van der Waals surface area contributed by atoms with Crippen LogP contribution < -0.4 is 10.8 Å². The van der Waals surface area contributed by atoms with E-state index in [-0.39, 0.29) is 0 Å². The number of nitrogens with zero attached hydrogens (tertiary/aromatic N) is 1. The van der Waals surface area contributed by atoms with E-state index >= 15 is 0 Å². The first-order chi connectivity index (χ1) is 9.26. The zero-order chi connectivity index (χ0) is 13.2. The fraction of sp³-hybridized carbons (Fsp3) is 0.0714. The van der Waals surface area contributed by atoms with E-state index in [0.717, 1.165) is 22.4 Å². The lowest BCUT2D eigenvalue weighted by molar-refractivity contribution is 0.275. The van der Waals surface area contributed by atoms with Gasteiger partial charge < -0.3 is 15.0 Å². The summed E-state index contributed by atoms with van der Waals surface area (Å²) in [5.41, 5.74) is 4.18. The first-order valence-corrected chi connectivity index (χ1v) is 5.96. The number of nitrogens with one attached hydrogen (secondary N) is 1. The summed E-state index contributed by atoms with van der Waals surface area (Å²) in [6.45, 7) is 0.421. The van der Waals surface area contributed by atoms with E-state index in [1.165, 1.54) is 0 Å². The highest BCUT2D eigenvalue weighted by atomic mass is 16.5. The van der Waals surface area contributed by atoms with Crippen LogP contribution in [0.25, 0.3) is 0 Å². The Balaban J connectivity index is 1.86. The van der Waals surface area contributed by atoms with Crippen molar-refractivity contribution in [1.82, 2.24) is 0 Å². The van der Waals surface area contributed by atoms with Crippen LogP contribution in [0, 0.1) is 11.3 Å². The van der Waals surface area contributed by atoms with Crippen LogP contribution in [0.15, 0.2) is 42.5 Å². The lowest BCUT2D eigenvalue weighted by atomic mass is 9.79. The van der Waals surface area contributed by atoms with Crippen LogP contribution in [0.2, 0.25) is 0 Å². The van der Waals surface area contributed by atoms with Gasteiger partial charge in [-0.25, -0.2) is 0 Å². The molecule has 2 aromatic rings. The van der Waals surface area contributed by atoms with Crippen molar-refractivity contribution in [1.29, 1.82) is 5.26 Å². The molecule has 0 aliphatic carbocycles. The minimum atomic E-state index is -0.814. The molecule has 1 heterocycles. The molecule has 5 heteroatoms. The molecule has 0 unspecified atom stereocenters. The summed E-state index contributed by atoms with van der Waals surface area (Å²) < 4.78 is 5.15. The number of hydrogen-bond acceptors (Lipinski definition) is 4. The SMILES string of the molecule is N#Cc1cccc(Nc2ccc3c(c2)COB3O)c1. The van der Waals surface area contributed by atoms with Gasteiger partial charge in [-0.15, -0.1) is 0 Å². The molecule has 0 spiro atoms. The maximum Gasteiger partial charge on any atom is 0.491 e. The van der Waals surface area contributed by atoms with E-state index < -0.39 is 7.12 Å². The van der Waals surface area contributed by atoms with Crippen molar-refractivity contribution in [3.05, 3.63) is 53.6 Å². The second-order valence-corrected chi connectivity index (χ2v) is 4.39. The summed E-state index contributed by atoms with van der Waals surface area (Å²) in [5, 5.41) is 21.6. The second kappa shape index (κ2) is 4.77. The molecule has 0 fully saturated rings. The molecule has 4 nitrogen and oxygen atoms in total. The van der Waals surface area contributed by atoms with Crippen molar-refractivity contribution in [2.24, 2.45) is 0 Å². The molecule has 0 saturated heterocycles. The average molecular weight is 250 g/mol. The van der Waals surface area contributed by atoms with Crippen molar-refractivity contribution in [2.75, 3.05) is 5.32 Å². The Labute approximate surface area is 111 Å². The topological polar surface area (TPSA) is 65.3 Å². The molecule has 0 aromatic heterocycles. The van der Waals surface area contributed by atoms with E-state index in [1.54, 1.807) is 12.1 Å². The molecule has 19 heavy (non-hydrogen) atoms. The number of anilines is 2. The number of hydrogen-bond donors (Lipinski definition) is 2. The molecule has 0 saturated carbocycles. The Bertz CT molecular complexity index is 667.